The molecular formula is C27H29FN4O4. The van der Waals surface area contributed by atoms with Crippen molar-refractivity contribution in [3.8, 4) is 11.4 Å². The number of carboxylic acid groups (broad SMARTS) is 1. The molecule has 0 radical (unpaired) electrons. The van der Waals surface area contributed by atoms with Crippen LogP contribution in [0.3, 0.4) is 0 Å². The number of nitrogens with zero attached hydrogens (tertiary/aromatic N) is 3. The zero-order valence-electron chi connectivity index (χ0n) is 20.2. The normalized spacial score (nSPS) is 21.3. The number of hydrogen-bond acceptors (Lipinski definition) is 5. The van der Waals surface area contributed by atoms with Gasteiger partial charge in [-0.15, -0.1) is 0 Å². The summed E-state index contributed by atoms with van der Waals surface area (Å²) in [6.07, 6.45) is 6.41. The van der Waals surface area contributed by atoms with Gasteiger partial charge in [-0.1, -0.05) is 0 Å². The third kappa shape index (κ3) is 3.82. The van der Waals surface area contributed by atoms with Crippen LogP contribution < -0.4 is 4.74 Å². The number of benzene rings is 1. The van der Waals surface area contributed by atoms with Gasteiger partial charge in [0.15, 0.2) is 17.2 Å². The van der Waals surface area contributed by atoms with Crippen molar-refractivity contribution in [1.82, 2.24) is 19.7 Å². The molecule has 0 unspecified atom stereocenters. The molecular weight excluding hydrogens is 463 g/mol. The lowest BCUT2D eigenvalue weighted by molar-refractivity contribution is -0.142. The average Bonchev–Trinajstić information content (AvgIpc) is 3.50. The molecule has 1 saturated heterocycles. The van der Waals surface area contributed by atoms with Gasteiger partial charge in [0.25, 0.3) is 0 Å². The van der Waals surface area contributed by atoms with Crippen LogP contribution in [0.5, 0.6) is 5.75 Å². The molecule has 36 heavy (non-hydrogen) atoms. The number of methoxy groups -OCH3 is 1. The Bertz CT molecular complexity index is 1430. The fourth-order valence-electron chi connectivity index (χ4n) is 6.08. The minimum Gasteiger partial charge on any atom is -0.494 e. The van der Waals surface area contributed by atoms with Gasteiger partial charge < -0.3 is 19.1 Å². The Morgan fingerprint density at radius 2 is 1.92 bits per heavy atom. The van der Waals surface area contributed by atoms with Crippen LogP contribution in [-0.2, 0) is 9.53 Å². The summed E-state index contributed by atoms with van der Waals surface area (Å²) in [5.74, 6) is -0.794. The third-order valence-electron chi connectivity index (χ3n) is 7.90. The monoisotopic (exact) mass is 492 g/mol. The van der Waals surface area contributed by atoms with E-state index in [1.54, 1.807) is 18.3 Å². The van der Waals surface area contributed by atoms with Gasteiger partial charge in [0.2, 0.25) is 0 Å². The zero-order chi connectivity index (χ0) is 24.8. The van der Waals surface area contributed by atoms with Crippen LogP contribution >= 0.6 is 0 Å². The summed E-state index contributed by atoms with van der Waals surface area (Å²) in [6, 6.07) is 7.05. The van der Waals surface area contributed by atoms with Crippen molar-refractivity contribution >= 4 is 28.0 Å². The van der Waals surface area contributed by atoms with Crippen LogP contribution in [0, 0.1) is 11.7 Å². The highest BCUT2D eigenvalue weighted by molar-refractivity contribution is 5.93. The molecule has 8 nitrogen and oxygen atoms in total. The van der Waals surface area contributed by atoms with Crippen molar-refractivity contribution in [2.75, 3.05) is 20.3 Å². The van der Waals surface area contributed by atoms with Gasteiger partial charge in [0.1, 0.15) is 0 Å². The fourth-order valence-corrected chi connectivity index (χ4v) is 6.08. The number of aliphatic carboxylic acids is 1. The Morgan fingerprint density at radius 3 is 2.64 bits per heavy atom. The van der Waals surface area contributed by atoms with Crippen LogP contribution in [-0.4, -0.2) is 51.1 Å². The van der Waals surface area contributed by atoms with Gasteiger partial charge >= 0.3 is 5.97 Å². The van der Waals surface area contributed by atoms with Gasteiger partial charge in [-0.3, -0.25) is 9.89 Å². The highest BCUT2D eigenvalue weighted by atomic mass is 19.1. The summed E-state index contributed by atoms with van der Waals surface area (Å²) >= 11 is 0. The summed E-state index contributed by atoms with van der Waals surface area (Å²) in [6.45, 7) is 1.37. The van der Waals surface area contributed by atoms with E-state index >= 15 is 0 Å². The van der Waals surface area contributed by atoms with Crippen molar-refractivity contribution in [2.24, 2.45) is 5.92 Å². The standard InChI is InChI=1S/C27H29FN4O4/c1-35-22-13-19(6-7-20(22)28)32-21-12-18-14-29-31-26(18)30-24(21)23(25(32)16-8-10-36-11-9-16)15-2-4-17(5-3-15)27(33)34/h6-7,12-17H,2-5,8-11H2,1H3,(H,33,34)(H,29,30,31). The number of ether oxygens (including phenoxy) is 2. The summed E-state index contributed by atoms with van der Waals surface area (Å²) in [4.78, 5) is 16.7. The van der Waals surface area contributed by atoms with E-state index in [-0.39, 0.29) is 23.5 Å². The molecule has 0 amide bonds. The maximum Gasteiger partial charge on any atom is 0.306 e. The van der Waals surface area contributed by atoms with Crippen molar-refractivity contribution < 1.29 is 23.8 Å². The van der Waals surface area contributed by atoms with E-state index in [2.05, 4.69) is 20.8 Å². The Balaban J connectivity index is 1.62. The average molecular weight is 493 g/mol. The molecule has 9 heteroatoms. The summed E-state index contributed by atoms with van der Waals surface area (Å²) in [7, 11) is 1.47. The quantitative estimate of drug-likeness (QED) is 0.392. The first-order valence-electron chi connectivity index (χ1n) is 12.6. The van der Waals surface area contributed by atoms with E-state index in [0.717, 1.165) is 53.4 Å². The SMILES string of the molecule is COc1cc(-n2c(C3CCOCC3)c(C3CCC(C(=O)O)CC3)c3nc4[nH]ncc4cc32)ccc1F. The van der Waals surface area contributed by atoms with Gasteiger partial charge in [-0.05, 0) is 62.6 Å². The number of fused-ring (bicyclic) bond motifs is 2. The molecule has 6 rings (SSSR count). The lowest BCUT2D eigenvalue weighted by Crippen LogP contribution is -2.23. The number of hydrogen-bond donors (Lipinski definition) is 2. The Hall–Kier alpha value is -3.46. The van der Waals surface area contributed by atoms with Crippen LogP contribution in [0.4, 0.5) is 4.39 Å². The number of rotatable bonds is 5. The number of aromatic nitrogens is 4. The summed E-state index contributed by atoms with van der Waals surface area (Å²) in [5.41, 5.74) is 5.73. The van der Waals surface area contributed by atoms with Gasteiger partial charge in [-0.2, -0.15) is 5.10 Å². The predicted molar refractivity (Wildman–Crippen MR) is 132 cm³/mol. The molecule has 0 spiro atoms. The number of aromatic amines is 1. The summed E-state index contributed by atoms with van der Waals surface area (Å²) in [5, 5.41) is 17.6. The first kappa shape index (κ1) is 23.0. The van der Waals surface area contributed by atoms with Crippen LogP contribution in [0.15, 0.2) is 30.5 Å². The second-order valence-electron chi connectivity index (χ2n) is 9.89. The molecule has 4 heterocycles. The molecule has 3 aromatic heterocycles. The van der Waals surface area contributed by atoms with E-state index in [9.17, 15) is 14.3 Å². The number of H-pyrrole nitrogens is 1. The van der Waals surface area contributed by atoms with Gasteiger partial charge in [-0.25, -0.2) is 9.37 Å². The second kappa shape index (κ2) is 9.20. The highest BCUT2D eigenvalue weighted by Gasteiger charge is 2.35. The Labute approximate surface area is 207 Å². The lowest BCUT2D eigenvalue weighted by Gasteiger charge is -2.30. The molecule has 1 aliphatic carbocycles. The molecule has 1 aliphatic heterocycles. The molecule has 188 valence electrons. The van der Waals surface area contributed by atoms with Crippen LogP contribution in [0.1, 0.15) is 61.6 Å². The topological polar surface area (TPSA) is 102 Å². The summed E-state index contributed by atoms with van der Waals surface area (Å²) < 4.78 is 27.6. The van der Waals surface area contributed by atoms with E-state index < -0.39 is 11.8 Å². The maximum absolute atomic E-state index is 14.4. The van der Waals surface area contributed by atoms with Crippen molar-refractivity contribution in [2.45, 2.75) is 50.4 Å². The van der Waals surface area contributed by atoms with E-state index in [1.165, 1.54) is 24.4 Å². The zero-order valence-corrected chi connectivity index (χ0v) is 20.2. The molecule has 4 aromatic rings. The smallest absolute Gasteiger partial charge is 0.306 e. The number of carboxylic acids is 1. The van der Waals surface area contributed by atoms with Gasteiger partial charge in [0, 0.05) is 47.5 Å². The molecule has 2 aliphatic rings. The molecule has 2 N–H and O–H groups in total. The van der Waals surface area contributed by atoms with E-state index in [1.807, 2.05) is 0 Å². The van der Waals surface area contributed by atoms with E-state index in [4.69, 9.17) is 14.5 Å². The fraction of sp³-hybridized carbons (Fsp3) is 0.444. The third-order valence-corrected chi connectivity index (χ3v) is 7.90. The Morgan fingerprint density at radius 1 is 1.14 bits per heavy atom. The Kier molecular flexibility index (Phi) is 5.87. The largest absolute Gasteiger partial charge is 0.494 e. The maximum atomic E-state index is 14.4. The minimum atomic E-state index is -0.712. The first-order valence-corrected chi connectivity index (χ1v) is 12.6. The van der Waals surface area contributed by atoms with Crippen LogP contribution in [0.25, 0.3) is 27.8 Å². The number of nitrogens with one attached hydrogen (secondary N) is 1. The van der Waals surface area contributed by atoms with Gasteiger partial charge in [0.05, 0.1) is 30.3 Å². The molecule has 0 atom stereocenters. The van der Waals surface area contributed by atoms with Crippen molar-refractivity contribution in [3.05, 3.63) is 47.5 Å². The number of pyridine rings is 1. The molecule has 0 bridgehead atoms. The predicted octanol–water partition coefficient (Wildman–Crippen LogP) is 5.30. The van der Waals surface area contributed by atoms with Crippen molar-refractivity contribution in [1.29, 1.82) is 0 Å². The molecule has 2 fully saturated rings. The van der Waals surface area contributed by atoms with Crippen molar-refractivity contribution in [3.63, 3.8) is 0 Å². The first-order chi connectivity index (χ1) is 17.5. The van der Waals surface area contributed by atoms with Crippen LogP contribution in [0.2, 0.25) is 0 Å². The number of carbonyl (C=O) groups is 1. The highest BCUT2D eigenvalue weighted by Crippen LogP contribution is 2.46. The molecule has 1 saturated carbocycles. The molecule has 1 aromatic carbocycles. The minimum absolute atomic E-state index is 0.188. The number of halogens is 1. The van der Waals surface area contributed by atoms with E-state index in [0.29, 0.717) is 26.1 Å². The second-order valence-corrected chi connectivity index (χ2v) is 9.89. The lowest BCUT2D eigenvalue weighted by atomic mass is 9.76.